The minimum Gasteiger partial charge on any atom is -0.201 e. The number of aryl methyl sites for hydroxylation is 5. The van der Waals surface area contributed by atoms with Gasteiger partial charge in [0.15, 0.2) is 6.20 Å². The predicted molar refractivity (Wildman–Crippen MR) is 126 cm³/mol. The smallest absolute Gasteiger partial charge is 0.201 e. The lowest BCUT2D eigenvalue weighted by molar-refractivity contribution is -0.660. The molecular weight excluding hydrogens is 362 g/mol. The van der Waals surface area contributed by atoms with E-state index in [9.17, 15) is 0 Å². The molecule has 1 heteroatoms. The summed E-state index contributed by atoms with van der Waals surface area (Å²) < 4.78 is 2.28. The van der Waals surface area contributed by atoms with Crippen LogP contribution in [-0.2, 0) is 13.5 Å². The van der Waals surface area contributed by atoms with E-state index in [1.807, 2.05) is 0 Å². The van der Waals surface area contributed by atoms with Crippen molar-refractivity contribution in [2.24, 2.45) is 7.05 Å². The number of hydrogen-bond donors (Lipinski definition) is 0. The molecule has 3 aromatic carbocycles. The molecule has 0 N–H and O–H groups in total. The van der Waals surface area contributed by atoms with E-state index in [2.05, 4.69) is 106 Å². The summed E-state index contributed by atoms with van der Waals surface area (Å²) in [6.07, 6.45) is 3.25. The normalized spacial score (nSPS) is 12.0. The average Bonchev–Trinajstić information content (AvgIpc) is 3.09. The SMILES string of the molecule is Cc1cc(-c2c(C)ccc3c2Cc2ccc(-c4ccccc4C)cc2-3)[n+](C)cc1C. The first-order valence-electron chi connectivity index (χ1n) is 10.7. The fourth-order valence-corrected chi connectivity index (χ4v) is 4.92. The van der Waals surface area contributed by atoms with Crippen molar-refractivity contribution in [2.75, 3.05) is 0 Å². The Labute approximate surface area is 179 Å². The van der Waals surface area contributed by atoms with Crippen molar-refractivity contribution in [1.29, 1.82) is 0 Å². The molecule has 0 unspecified atom stereocenters. The predicted octanol–water partition coefficient (Wildman–Crippen LogP) is 6.65. The Bertz CT molecular complexity index is 1310. The van der Waals surface area contributed by atoms with Crippen molar-refractivity contribution in [2.45, 2.75) is 34.1 Å². The van der Waals surface area contributed by atoms with Gasteiger partial charge in [-0.15, -0.1) is 0 Å². The van der Waals surface area contributed by atoms with Crippen molar-refractivity contribution in [3.05, 3.63) is 100 Å². The van der Waals surface area contributed by atoms with Gasteiger partial charge in [0, 0.05) is 11.6 Å². The van der Waals surface area contributed by atoms with Crippen molar-refractivity contribution >= 4 is 0 Å². The Morgan fingerprint density at radius 1 is 0.667 bits per heavy atom. The molecular formula is C29H28N+. The van der Waals surface area contributed by atoms with Gasteiger partial charge in [0.1, 0.15) is 7.05 Å². The molecule has 1 aromatic heterocycles. The molecule has 0 saturated carbocycles. The van der Waals surface area contributed by atoms with Gasteiger partial charge in [-0.2, -0.15) is 0 Å². The summed E-state index contributed by atoms with van der Waals surface area (Å²) in [7, 11) is 2.17. The number of nitrogens with zero attached hydrogens (tertiary/aromatic N) is 1. The highest BCUT2D eigenvalue weighted by atomic mass is 14.9. The van der Waals surface area contributed by atoms with Crippen LogP contribution in [0, 0.1) is 27.7 Å². The first-order valence-corrected chi connectivity index (χ1v) is 10.7. The number of benzene rings is 3. The number of aromatic nitrogens is 1. The van der Waals surface area contributed by atoms with Crippen molar-refractivity contribution in [1.82, 2.24) is 0 Å². The van der Waals surface area contributed by atoms with E-state index in [1.165, 1.54) is 66.9 Å². The van der Waals surface area contributed by atoms with Crippen molar-refractivity contribution in [3.63, 3.8) is 0 Å². The first-order chi connectivity index (χ1) is 14.4. The second-order valence-corrected chi connectivity index (χ2v) is 8.78. The summed E-state index contributed by atoms with van der Waals surface area (Å²) in [4.78, 5) is 0. The molecule has 0 fully saturated rings. The molecule has 30 heavy (non-hydrogen) atoms. The zero-order chi connectivity index (χ0) is 21.0. The van der Waals surface area contributed by atoms with E-state index in [4.69, 9.17) is 0 Å². The van der Waals surface area contributed by atoms with Crippen molar-refractivity contribution < 1.29 is 4.57 Å². The molecule has 0 saturated heterocycles. The van der Waals surface area contributed by atoms with E-state index < -0.39 is 0 Å². The molecule has 4 aromatic rings. The maximum absolute atomic E-state index is 2.39. The minimum absolute atomic E-state index is 1.00. The van der Waals surface area contributed by atoms with Gasteiger partial charge >= 0.3 is 0 Å². The second-order valence-electron chi connectivity index (χ2n) is 8.78. The van der Waals surface area contributed by atoms with Crippen LogP contribution >= 0.6 is 0 Å². The quantitative estimate of drug-likeness (QED) is 0.297. The maximum Gasteiger partial charge on any atom is 0.213 e. The third-order valence-corrected chi connectivity index (χ3v) is 6.74. The maximum atomic E-state index is 2.39. The molecule has 0 bridgehead atoms. The van der Waals surface area contributed by atoms with E-state index in [0.717, 1.165) is 6.42 Å². The molecule has 0 radical (unpaired) electrons. The molecule has 0 aliphatic heterocycles. The molecule has 0 spiro atoms. The fourth-order valence-electron chi connectivity index (χ4n) is 4.92. The van der Waals surface area contributed by atoms with Crippen LogP contribution in [-0.4, -0.2) is 0 Å². The summed E-state index contributed by atoms with van der Waals surface area (Å²) in [5, 5.41) is 0. The van der Waals surface area contributed by atoms with Gasteiger partial charge in [0.25, 0.3) is 0 Å². The van der Waals surface area contributed by atoms with Gasteiger partial charge in [0.05, 0.1) is 5.56 Å². The van der Waals surface area contributed by atoms with Crippen molar-refractivity contribution in [3.8, 4) is 33.5 Å². The highest BCUT2D eigenvalue weighted by Crippen LogP contribution is 2.44. The standard InChI is InChI=1S/C29H28N/c1-18-8-6-7-9-24(18)22-11-12-23-16-27-25(26(23)15-22)13-10-19(2)29(27)28-14-20(3)21(4)17-30(28)5/h6-15,17H,16H2,1-5H3/q+1. The van der Waals surface area contributed by atoms with Crippen LogP contribution < -0.4 is 4.57 Å². The third-order valence-electron chi connectivity index (χ3n) is 6.74. The molecule has 1 aliphatic carbocycles. The Hall–Kier alpha value is -3.19. The van der Waals surface area contributed by atoms with Crippen LogP contribution in [0.1, 0.15) is 33.4 Å². The van der Waals surface area contributed by atoms with Gasteiger partial charge in [0.2, 0.25) is 5.69 Å². The zero-order valence-electron chi connectivity index (χ0n) is 18.5. The highest BCUT2D eigenvalue weighted by molar-refractivity contribution is 5.87. The third kappa shape index (κ3) is 2.89. The van der Waals surface area contributed by atoms with Crippen LogP contribution in [0.3, 0.4) is 0 Å². The van der Waals surface area contributed by atoms with Gasteiger partial charge in [-0.25, -0.2) is 4.57 Å². The van der Waals surface area contributed by atoms with Crippen LogP contribution in [0.4, 0.5) is 0 Å². The zero-order valence-corrected chi connectivity index (χ0v) is 18.5. The summed E-state index contributed by atoms with van der Waals surface area (Å²) in [6.45, 7) is 8.83. The van der Waals surface area contributed by atoms with E-state index in [1.54, 1.807) is 0 Å². The number of fused-ring (bicyclic) bond motifs is 3. The lowest BCUT2D eigenvalue weighted by atomic mass is 9.92. The van der Waals surface area contributed by atoms with Crippen LogP contribution in [0.25, 0.3) is 33.5 Å². The molecule has 1 aliphatic rings. The summed E-state index contributed by atoms with van der Waals surface area (Å²) in [5.41, 5.74) is 16.3. The Balaban J connectivity index is 1.70. The lowest BCUT2D eigenvalue weighted by Gasteiger charge is -2.12. The first kappa shape index (κ1) is 18.8. The van der Waals surface area contributed by atoms with Gasteiger partial charge in [-0.1, -0.05) is 48.5 Å². The van der Waals surface area contributed by atoms with Gasteiger partial charge < -0.3 is 0 Å². The molecule has 5 rings (SSSR count). The molecule has 0 atom stereocenters. The Morgan fingerprint density at radius 2 is 1.47 bits per heavy atom. The largest absolute Gasteiger partial charge is 0.213 e. The lowest BCUT2D eigenvalue weighted by Crippen LogP contribution is -2.32. The average molecular weight is 391 g/mol. The van der Waals surface area contributed by atoms with Crippen LogP contribution in [0.15, 0.2) is 66.9 Å². The number of pyridine rings is 1. The van der Waals surface area contributed by atoms with E-state index in [0.29, 0.717) is 0 Å². The second kappa shape index (κ2) is 6.95. The topological polar surface area (TPSA) is 3.88 Å². The van der Waals surface area contributed by atoms with Gasteiger partial charge in [-0.05, 0) is 90.3 Å². The number of rotatable bonds is 2. The minimum atomic E-state index is 1.00. The summed E-state index contributed by atoms with van der Waals surface area (Å²) in [5.74, 6) is 0. The molecule has 1 heterocycles. The molecule has 0 amide bonds. The Kier molecular flexibility index (Phi) is 4.36. The Morgan fingerprint density at radius 3 is 2.27 bits per heavy atom. The van der Waals surface area contributed by atoms with E-state index >= 15 is 0 Å². The number of hydrogen-bond acceptors (Lipinski definition) is 0. The van der Waals surface area contributed by atoms with Crippen LogP contribution in [0.2, 0.25) is 0 Å². The monoisotopic (exact) mass is 390 g/mol. The summed E-state index contributed by atoms with van der Waals surface area (Å²) >= 11 is 0. The summed E-state index contributed by atoms with van der Waals surface area (Å²) in [6, 6.07) is 22.6. The van der Waals surface area contributed by atoms with Gasteiger partial charge in [-0.3, -0.25) is 0 Å². The molecule has 1 nitrogen and oxygen atoms in total. The molecule has 148 valence electrons. The van der Waals surface area contributed by atoms with E-state index in [-0.39, 0.29) is 0 Å². The fraction of sp³-hybridized carbons (Fsp3) is 0.207. The van der Waals surface area contributed by atoms with Crippen LogP contribution in [0.5, 0.6) is 0 Å². The highest BCUT2D eigenvalue weighted by Gasteiger charge is 2.27.